The minimum Gasteiger partial charge on any atom is -0.494 e. The van der Waals surface area contributed by atoms with E-state index in [9.17, 15) is 4.39 Å². The highest BCUT2D eigenvalue weighted by Gasteiger charge is 2.12. The second kappa shape index (κ2) is 7.04. The number of rotatable bonds is 5. The van der Waals surface area contributed by atoms with Crippen LogP contribution >= 0.6 is 22.6 Å². The zero-order valence-corrected chi connectivity index (χ0v) is 13.4. The summed E-state index contributed by atoms with van der Waals surface area (Å²) < 4.78 is 19.5. The Balaban J connectivity index is 2.18. The van der Waals surface area contributed by atoms with Gasteiger partial charge in [-0.1, -0.05) is 25.1 Å². The van der Waals surface area contributed by atoms with E-state index >= 15 is 0 Å². The van der Waals surface area contributed by atoms with Gasteiger partial charge < -0.3 is 10.5 Å². The molecule has 2 rings (SSSR count). The molecule has 0 aliphatic heterocycles. The zero-order chi connectivity index (χ0) is 14.5. The number of nitrogens with two attached hydrogens (primary N) is 1. The van der Waals surface area contributed by atoms with Crippen LogP contribution in [-0.2, 0) is 0 Å². The minimum absolute atomic E-state index is 0.242. The van der Waals surface area contributed by atoms with Crippen LogP contribution in [-0.4, -0.2) is 6.61 Å². The second-order valence-corrected chi connectivity index (χ2v) is 5.72. The fourth-order valence-corrected chi connectivity index (χ4v) is 2.74. The lowest BCUT2D eigenvalue weighted by atomic mass is 9.99. The first kappa shape index (κ1) is 15.3. The van der Waals surface area contributed by atoms with Gasteiger partial charge in [0.15, 0.2) is 0 Å². The number of ether oxygens (including phenoxy) is 1. The van der Waals surface area contributed by atoms with Gasteiger partial charge in [0.1, 0.15) is 11.6 Å². The molecule has 4 heteroatoms. The van der Waals surface area contributed by atoms with Crippen molar-refractivity contribution < 1.29 is 9.13 Å². The van der Waals surface area contributed by atoms with Crippen LogP contribution in [0.2, 0.25) is 0 Å². The van der Waals surface area contributed by atoms with Gasteiger partial charge >= 0.3 is 0 Å². The molecule has 2 aromatic carbocycles. The lowest BCUT2D eigenvalue weighted by molar-refractivity contribution is 0.317. The topological polar surface area (TPSA) is 35.2 Å². The molecule has 2 N–H and O–H groups in total. The summed E-state index contributed by atoms with van der Waals surface area (Å²) in [4.78, 5) is 0. The maximum Gasteiger partial charge on any atom is 0.124 e. The molecule has 0 amide bonds. The molecule has 0 saturated heterocycles. The molecule has 20 heavy (non-hydrogen) atoms. The molecule has 0 spiro atoms. The normalized spacial score (nSPS) is 12.2. The maximum absolute atomic E-state index is 13.1. The van der Waals surface area contributed by atoms with Crippen molar-refractivity contribution in [1.29, 1.82) is 0 Å². The molecule has 0 radical (unpaired) electrons. The Hall–Kier alpha value is -1.14. The summed E-state index contributed by atoms with van der Waals surface area (Å²) in [5.74, 6) is 0.602. The Morgan fingerprint density at radius 2 is 1.90 bits per heavy atom. The van der Waals surface area contributed by atoms with Crippen LogP contribution in [0, 0.1) is 9.39 Å². The van der Waals surface area contributed by atoms with Crippen molar-refractivity contribution in [3.63, 3.8) is 0 Å². The monoisotopic (exact) mass is 385 g/mol. The molecular weight excluding hydrogens is 368 g/mol. The van der Waals surface area contributed by atoms with E-state index in [-0.39, 0.29) is 11.9 Å². The van der Waals surface area contributed by atoms with Gasteiger partial charge in [0.2, 0.25) is 0 Å². The predicted octanol–water partition coefficient (Wildman–Crippen LogP) is 4.27. The quantitative estimate of drug-likeness (QED) is 0.781. The van der Waals surface area contributed by atoms with Crippen molar-refractivity contribution in [1.82, 2.24) is 0 Å². The molecule has 1 unspecified atom stereocenters. The summed E-state index contributed by atoms with van der Waals surface area (Å²) in [5.41, 5.74) is 8.16. The highest BCUT2D eigenvalue weighted by atomic mass is 127. The van der Waals surface area contributed by atoms with Crippen LogP contribution in [0.25, 0.3) is 0 Å². The molecule has 0 fully saturated rings. The zero-order valence-electron chi connectivity index (χ0n) is 11.3. The van der Waals surface area contributed by atoms with Gasteiger partial charge in [-0.2, -0.15) is 0 Å². The number of hydrogen-bond donors (Lipinski definition) is 1. The molecule has 1 atom stereocenters. The smallest absolute Gasteiger partial charge is 0.124 e. The van der Waals surface area contributed by atoms with Crippen molar-refractivity contribution >= 4 is 22.6 Å². The van der Waals surface area contributed by atoms with Crippen molar-refractivity contribution in [2.24, 2.45) is 5.73 Å². The average molecular weight is 385 g/mol. The van der Waals surface area contributed by atoms with Crippen molar-refractivity contribution in [3.05, 3.63) is 63.0 Å². The lowest BCUT2D eigenvalue weighted by Gasteiger charge is -2.15. The van der Waals surface area contributed by atoms with Gasteiger partial charge in [0.05, 0.1) is 12.6 Å². The third-order valence-corrected chi connectivity index (χ3v) is 3.94. The van der Waals surface area contributed by atoms with Crippen LogP contribution in [0.3, 0.4) is 0 Å². The molecule has 0 aliphatic carbocycles. The number of benzene rings is 2. The van der Waals surface area contributed by atoms with Crippen LogP contribution < -0.4 is 10.5 Å². The number of halogens is 2. The summed E-state index contributed by atoms with van der Waals surface area (Å²) in [6, 6.07) is 12.2. The van der Waals surface area contributed by atoms with Gasteiger partial charge in [0.25, 0.3) is 0 Å². The standard InChI is InChI=1S/C16H17FINO/c1-2-9-20-13-6-3-11(4-7-13)16(19)14-8-5-12(17)10-15(14)18/h3-8,10,16H,2,9,19H2,1H3. The van der Waals surface area contributed by atoms with E-state index in [4.69, 9.17) is 10.5 Å². The first-order chi connectivity index (χ1) is 9.61. The first-order valence-corrected chi connectivity index (χ1v) is 7.63. The minimum atomic E-state index is -0.261. The van der Waals surface area contributed by atoms with E-state index in [1.54, 1.807) is 6.07 Å². The van der Waals surface area contributed by atoms with Crippen LogP contribution in [0.5, 0.6) is 5.75 Å². The fraction of sp³-hybridized carbons (Fsp3) is 0.250. The van der Waals surface area contributed by atoms with Crippen LogP contribution in [0.4, 0.5) is 4.39 Å². The summed E-state index contributed by atoms with van der Waals surface area (Å²) in [7, 11) is 0. The molecule has 0 aromatic heterocycles. The van der Waals surface area contributed by atoms with Crippen LogP contribution in [0.15, 0.2) is 42.5 Å². The summed E-state index contributed by atoms with van der Waals surface area (Å²) >= 11 is 2.11. The van der Waals surface area contributed by atoms with Gasteiger partial charge in [-0.3, -0.25) is 0 Å². The van der Waals surface area contributed by atoms with E-state index in [0.717, 1.165) is 26.9 Å². The molecule has 2 nitrogen and oxygen atoms in total. The SMILES string of the molecule is CCCOc1ccc(C(N)c2ccc(F)cc2I)cc1. The van der Waals surface area contributed by atoms with E-state index in [1.807, 2.05) is 24.3 Å². The van der Waals surface area contributed by atoms with Gasteiger partial charge in [0, 0.05) is 3.57 Å². The molecule has 0 aliphatic rings. The van der Waals surface area contributed by atoms with E-state index in [1.165, 1.54) is 12.1 Å². The van der Waals surface area contributed by atoms with E-state index < -0.39 is 0 Å². The molecule has 0 saturated carbocycles. The highest BCUT2D eigenvalue weighted by Crippen LogP contribution is 2.26. The van der Waals surface area contributed by atoms with Gasteiger partial charge in [-0.25, -0.2) is 4.39 Å². The largest absolute Gasteiger partial charge is 0.494 e. The Bertz CT molecular complexity index is 571. The van der Waals surface area contributed by atoms with Crippen molar-refractivity contribution in [2.45, 2.75) is 19.4 Å². The molecule has 106 valence electrons. The van der Waals surface area contributed by atoms with Crippen molar-refractivity contribution in [2.75, 3.05) is 6.61 Å². The van der Waals surface area contributed by atoms with Gasteiger partial charge in [-0.15, -0.1) is 0 Å². The summed E-state index contributed by atoms with van der Waals surface area (Å²) in [6.45, 7) is 2.78. The second-order valence-electron chi connectivity index (χ2n) is 4.56. The maximum atomic E-state index is 13.1. The molecule has 0 heterocycles. The molecule has 0 bridgehead atoms. The predicted molar refractivity (Wildman–Crippen MR) is 87.4 cm³/mol. The highest BCUT2D eigenvalue weighted by molar-refractivity contribution is 14.1. The fourth-order valence-electron chi connectivity index (χ4n) is 1.92. The third kappa shape index (κ3) is 3.70. The summed E-state index contributed by atoms with van der Waals surface area (Å²) in [6.07, 6.45) is 0.981. The Morgan fingerprint density at radius 3 is 2.50 bits per heavy atom. The molecular formula is C16H17FINO. The average Bonchev–Trinajstić information content (AvgIpc) is 2.45. The third-order valence-electron chi connectivity index (χ3n) is 3.01. The van der Waals surface area contributed by atoms with E-state index in [0.29, 0.717) is 6.61 Å². The van der Waals surface area contributed by atoms with Gasteiger partial charge in [-0.05, 0) is 64.4 Å². The molecule has 2 aromatic rings. The Kier molecular flexibility index (Phi) is 5.37. The van der Waals surface area contributed by atoms with E-state index in [2.05, 4.69) is 29.5 Å². The summed E-state index contributed by atoms with van der Waals surface area (Å²) in [5, 5.41) is 0. The first-order valence-electron chi connectivity index (χ1n) is 6.55. The van der Waals surface area contributed by atoms with Crippen LogP contribution in [0.1, 0.15) is 30.5 Å². The number of hydrogen-bond acceptors (Lipinski definition) is 2. The Labute approximate surface area is 132 Å². The lowest BCUT2D eigenvalue weighted by Crippen LogP contribution is -2.13. The Morgan fingerprint density at radius 1 is 1.20 bits per heavy atom. The van der Waals surface area contributed by atoms with Crippen molar-refractivity contribution in [3.8, 4) is 5.75 Å².